The summed E-state index contributed by atoms with van der Waals surface area (Å²) in [4.78, 5) is 10.9. The number of benzene rings is 4. The van der Waals surface area contributed by atoms with Crippen LogP contribution < -0.4 is 14.9 Å². The van der Waals surface area contributed by atoms with Crippen LogP contribution in [0.5, 0.6) is 5.75 Å². The summed E-state index contributed by atoms with van der Waals surface area (Å²) in [5, 5.41) is 16.8. The standard InChI is InChI=1S/C27H21ClN4O5S/c28-19-10-12-20(13-11-19)31-38(35,36)21-14-15-23(25(16-21)32(33)34)29-30-24-17-27(18-6-2-1-3-7-18)37-26-9-5-4-8-22(24)26/h1-16,27,29,31H,17H2/b30-24+/t27-/m1/s1. The number of rotatable bonds is 7. The molecule has 0 saturated carbocycles. The van der Waals surface area contributed by atoms with Gasteiger partial charge in [0.25, 0.3) is 15.7 Å². The molecule has 38 heavy (non-hydrogen) atoms. The lowest BCUT2D eigenvalue weighted by Crippen LogP contribution is -2.22. The van der Waals surface area contributed by atoms with E-state index < -0.39 is 20.6 Å². The van der Waals surface area contributed by atoms with E-state index in [1.807, 2.05) is 54.6 Å². The number of hydrogen-bond acceptors (Lipinski definition) is 7. The molecular formula is C27H21ClN4O5S. The summed E-state index contributed by atoms with van der Waals surface area (Å²) in [6, 6.07) is 26.8. The topological polar surface area (TPSA) is 123 Å². The van der Waals surface area contributed by atoms with Gasteiger partial charge in [-0.05, 0) is 54.1 Å². The van der Waals surface area contributed by atoms with E-state index in [-0.39, 0.29) is 22.4 Å². The molecule has 9 nitrogen and oxygen atoms in total. The molecule has 0 saturated heterocycles. The van der Waals surface area contributed by atoms with Crippen molar-refractivity contribution in [1.29, 1.82) is 0 Å². The summed E-state index contributed by atoms with van der Waals surface area (Å²) in [6.45, 7) is 0. The van der Waals surface area contributed by atoms with Crippen LogP contribution in [0.4, 0.5) is 17.1 Å². The molecular weight excluding hydrogens is 528 g/mol. The van der Waals surface area contributed by atoms with Gasteiger partial charge in [0.05, 0.1) is 15.5 Å². The average Bonchev–Trinajstić information content (AvgIpc) is 2.93. The highest BCUT2D eigenvalue weighted by atomic mass is 35.5. The molecule has 0 bridgehead atoms. The van der Waals surface area contributed by atoms with Crippen molar-refractivity contribution in [2.75, 3.05) is 10.1 Å². The molecule has 4 aromatic rings. The fourth-order valence-corrected chi connectivity index (χ4v) is 5.24. The number of nitrogens with one attached hydrogen (secondary N) is 2. The fourth-order valence-electron chi connectivity index (χ4n) is 4.03. The maximum absolute atomic E-state index is 12.9. The molecule has 0 fully saturated rings. The summed E-state index contributed by atoms with van der Waals surface area (Å²) in [6.07, 6.45) is 0.146. The Morgan fingerprint density at radius 1 is 0.947 bits per heavy atom. The third-order valence-corrected chi connectivity index (χ3v) is 7.53. The molecule has 0 radical (unpaired) electrons. The minimum atomic E-state index is -4.09. The number of para-hydroxylation sites is 1. The van der Waals surface area contributed by atoms with E-state index in [4.69, 9.17) is 16.3 Å². The van der Waals surface area contributed by atoms with E-state index in [0.717, 1.165) is 17.2 Å². The van der Waals surface area contributed by atoms with Crippen LogP contribution >= 0.6 is 11.6 Å². The maximum Gasteiger partial charge on any atom is 0.295 e. The Kier molecular flexibility index (Phi) is 6.99. The van der Waals surface area contributed by atoms with E-state index in [2.05, 4.69) is 15.2 Å². The first-order valence-electron chi connectivity index (χ1n) is 11.5. The molecule has 2 N–H and O–H groups in total. The zero-order chi connectivity index (χ0) is 26.7. The molecule has 192 valence electrons. The zero-order valence-corrected chi connectivity index (χ0v) is 21.3. The molecule has 11 heteroatoms. The molecule has 0 amide bonds. The van der Waals surface area contributed by atoms with Crippen LogP contribution in [-0.4, -0.2) is 19.1 Å². The fraction of sp³-hybridized carbons (Fsp3) is 0.0741. The Labute approximate surface area is 223 Å². The van der Waals surface area contributed by atoms with E-state index in [0.29, 0.717) is 22.9 Å². The van der Waals surface area contributed by atoms with Crippen LogP contribution in [0, 0.1) is 10.1 Å². The number of hydrogen-bond donors (Lipinski definition) is 2. The third kappa shape index (κ3) is 5.46. The summed E-state index contributed by atoms with van der Waals surface area (Å²) >= 11 is 5.85. The highest BCUT2D eigenvalue weighted by molar-refractivity contribution is 7.92. The number of hydrazone groups is 1. The molecule has 4 aromatic carbocycles. The van der Waals surface area contributed by atoms with Crippen molar-refractivity contribution in [3.05, 3.63) is 123 Å². The number of sulfonamides is 1. The van der Waals surface area contributed by atoms with Crippen LogP contribution in [-0.2, 0) is 10.0 Å². The SMILES string of the molecule is O=[N+]([O-])c1cc(S(=O)(=O)Nc2ccc(Cl)cc2)ccc1N/N=C1\C[C@H](c2ccccc2)Oc2ccccc21. The van der Waals surface area contributed by atoms with E-state index in [1.165, 1.54) is 36.4 Å². The molecule has 1 aliphatic heterocycles. The van der Waals surface area contributed by atoms with Crippen molar-refractivity contribution in [1.82, 2.24) is 0 Å². The summed E-state index contributed by atoms with van der Waals surface area (Å²) < 4.78 is 34.3. The van der Waals surface area contributed by atoms with Gasteiger partial charge in [-0.3, -0.25) is 20.3 Å². The second-order valence-electron chi connectivity index (χ2n) is 8.44. The van der Waals surface area contributed by atoms with Crippen molar-refractivity contribution in [2.24, 2.45) is 5.10 Å². The Hall–Kier alpha value is -4.41. The van der Waals surface area contributed by atoms with Crippen LogP contribution in [0.15, 0.2) is 107 Å². The lowest BCUT2D eigenvalue weighted by Gasteiger charge is -2.27. The number of anilines is 2. The summed E-state index contributed by atoms with van der Waals surface area (Å²) in [5.41, 5.74) is 5.05. The molecule has 1 aliphatic rings. The van der Waals surface area contributed by atoms with Crippen LogP contribution in [0.25, 0.3) is 0 Å². The van der Waals surface area contributed by atoms with Crippen LogP contribution in [0.2, 0.25) is 5.02 Å². The normalized spacial score (nSPS) is 15.8. The first-order valence-corrected chi connectivity index (χ1v) is 13.4. The monoisotopic (exact) mass is 548 g/mol. The van der Waals surface area contributed by atoms with Gasteiger partial charge < -0.3 is 4.74 Å². The van der Waals surface area contributed by atoms with Crippen LogP contribution in [0.1, 0.15) is 23.7 Å². The molecule has 0 spiro atoms. The smallest absolute Gasteiger partial charge is 0.295 e. The van der Waals surface area contributed by atoms with Gasteiger partial charge in [-0.25, -0.2) is 8.42 Å². The maximum atomic E-state index is 12.9. The van der Waals surface area contributed by atoms with Gasteiger partial charge in [0.15, 0.2) is 0 Å². The summed E-state index contributed by atoms with van der Waals surface area (Å²) in [5.74, 6) is 0.650. The van der Waals surface area contributed by atoms with Crippen molar-refractivity contribution in [3.8, 4) is 5.75 Å². The van der Waals surface area contributed by atoms with Gasteiger partial charge in [-0.1, -0.05) is 54.1 Å². The van der Waals surface area contributed by atoms with Gasteiger partial charge in [0.1, 0.15) is 17.5 Å². The third-order valence-electron chi connectivity index (χ3n) is 5.90. The first-order chi connectivity index (χ1) is 18.3. The molecule has 0 aromatic heterocycles. The van der Waals surface area contributed by atoms with Crippen molar-refractivity contribution in [3.63, 3.8) is 0 Å². The minimum Gasteiger partial charge on any atom is -0.485 e. The second-order valence-corrected chi connectivity index (χ2v) is 10.6. The zero-order valence-electron chi connectivity index (χ0n) is 19.7. The Bertz CT molecular complexity index is 1630. The predicted molar refractivity (Wildman–Crippen MR) is 146 cm³/mol. The van der Waals surface area contributed by atoms with Gasteiger partial charge in [0, 0.05) is 28.8 Å². The van der Waals surface area contributed by atoms with Crippen molar-refractivity contribution >= 4 is 44.4 Å². The number of ether oxygens (including phenoxy) is 1. The van der Waals surface area contributed by atoms with Crippen LogP contribution in [0.3, 0.4) is 0 Å². The first kappa shape index (κ1) is 25.2. The number of nitrogens with zero attached hydrogens (tertiary/aromatic N) is 2. The minimum absolute atomic E-state index is 0.0492. The number of halogens is 1. The van der Waals surface area contributed by atoms with E-state index in [1.54, 1.807) is 0 Å². The quantitative estimate of drug-likeness (QED) is 0.204. The van der Waals surface area contributed by atoms with Gasteiger partial charge in [-0.15, -0.1) is 0 Å². The van der Waals surface area contributed by atoms with E-state index in [9.17, 15) is 18.5 Å². The lowest BCUT2D eigenvalue weighted by molar-refractivity contribution is -0.384. The van der Waals surface area contributed by atoms with E-state index >= 15 is 0 Å². The van der Waals surface area contributed by atoms with Gasteiger partial charge in [0.2, 0.25) is 0 Å². The highest BCUT2D eigenvalue weighted by Crippen LogP contribution is 2.36. The lowest BCUT2D eigenvalue weighted by atomic mass is 9.96. The van der Waals surface area contributed by atoms with Gasteiger partial charge >= 0.3 is 0 Å². The number of nitro groups is 1. The Morgan fingerprint density at radius 3 is 2.39 bits per heavy atom. The molecule has 5 rings (SSSR count). The Morgan fingerprint density at radius 2 is 1.66 bits per heavy atom. The molecule has 0 aliphatic carbocycles. The largest absolute Gasteiger partial charge is 0.485 e. The molecule has 1 heterocycles. The van der Waals surface area contributed by atoms with Crippen molar-refractivity contribution < 1.29 is 18.1 Å². The number of nitro benzene ring substituents is 1. The molecule has 0 unspecified atom stereocenters. The summed E-state index contributed by atoms with van der Waals surface area (Å²) in [7, 11) is -4.09. The molecule has 1 atom stereocenters. The number of fused-ring (bicyclic) bond motifs is 1. The van der Waals surface area contributed by atoms with Crippen molar-refractivity contribution in [2.45, 2.75) is 17.4 Å². The highest BCUT2D eigenvalue weighted by Gasteiger charge is 2.27. The predicted octanol–water partition coefficient (Wildman–Crippen LogP) is 6.39. The average molecular weight is 549 g/mol. The second kappa shape index (κ2) is 10.5. The van der Waals surface area contributed by atoms with Gasteiger partial charge in [-0.2, -0.15) is 5.10 Å². The Balaban J connectivity index is 1.44.